The smallest absolute Gasteiger partial charge is 0.305 e. The number of hydrogen-bond acceptors (Lipinski definition) is 10. The maximum atomic E-state index is 14.0. The van der Waals surface area contributed by atoms with Crippen LogP contribution in [0.1, 0.15) is 21.9 Å². The lowest BCUT2D eigenvalue weighted by molar-refractivity contribution is -0.385. The molecular formula is C27H17ClN4O8S2. The number of rotatable bonds is 7. The molecule has 1 fully saturated rings. The number of imide groups is 1. The first-order valence-corrected chi connectivity index (χ1v) is 14.4. The molecule has 1 aromatic heterocycles. The molecule has 3 unspecified atom stereocenters. The fourth-order valence-corrected chi connectivity index (χ4v) is 7.73. The topological polar surface area (TPSA) is 166 Å². The van der Waals surface area contributed by atoms with Gasteiger partial charge in [0.25, 0.3) is 11.4 Å². The van der Waals surface area contributed by atoms with Gasteiger partial charge in [-0.2, -0.15) is 0 Å². The van der Waals surface area contributed by atoms with Gasteiger partial charge in [0.1, 0.15) is 17.6 Å². The molecule has 4 aromatic rings. The number of thiazole rings is 1. The van der Waals surface area contributed by atoms with Gasteiger partial charge < -0.3 is 9.72 Å². The molecule has 42 heavy (non-hydrogen) atoms. The summed E-state index contributed by atoms with van der Waals surface area (Å²) in [6.07, 6.45) is 0. The molecule has 3 aromatic carbocycles. The number of anilines is 1. The van der Waals surface area contributed by atoms with Crippen LogP contribution < -0.4 is 14.5 Å². The number of aromatic amines is 1. The van der Waals surface area contributed by atoms with Gasteiger partial charge in [0.2, 0.25) is 11.8 Å². The molecule has 12 nitrogen and oxygen atoms in total. The lowest BCUT2D eigenvalue weighted by atomic mass is 9.82. The summed E-state index contributed by atoms with van der Waals surface area (Å²) >= 11 is 7.88. The largest absolute Gasteiger partial charge is 0.489 e. The minimum atomic E-state index is -1.04. The molecule has 15 heteroatoms. The standard InChI is InChI=1S/C27H17ClN4O8S2/c28-14-3-1-13(2-4-14)12-40-19-10-9-17(32(38)39)11-18(19)20-21-23(41-24-22(20)42-27(35)29-24)26(34)30(25(21)33)15-5-7-16(8-6-15)31(36)37/h1-11,20-21,23H,12H2,(H,29,35). The van der Waals surface area contributed by atoms with Crippen molar-refractivity contribution in [2.45, 2.75) is 22.8 Å². The van der Waals surface area contributed by atoms with E-state index in [1.165, 1.54) is 42.5 Å². The number of carbonyl (C=O) groups is 2. The Labute approximate surface area is 249 Å². The monoisotopic (exact) mass is 624 g/mol. The summed E-state index contributed by atoms with van der Waals surface area (Å²) in [5, 5.41) is 22.9. The second kappa shape index (κ2) is 10.7. The predicted octanol–water partition coefficient (Wildman–Crippen LogP) is 5.28. The third-order valence-electron chi connectivity index (χ3n) is 6.99. The van der Waals surface area contributed by atoms with Crippen LogP contribution in [0.5, 0.6) is 5.75 Å². The summed E-state index contributed by atoms with van der Waals surface area (Å²) in [6.45, 7) is 0.0789. The lowest BCUT2D eigenvalue weighted by Gasteiger charge is -2.30. The second-order valence-electron chi connectivity index (χ2n) is 9.43. The molecule has 2 aliphatic heterocycles. The van der Waals surface area contributed by atoms with Gasteiger partial charge in [-0.25, -0.2) is 4.90 Å². The van der Waals surface area contributed by atoms with Crippen LogP contribution in [0.15, 0.2) is 76.6 Å². The molecule has 0 radical (unpaired) electrons. The van der Waals surface area contributed by atoms with Crippen molar-refractivity contribution in [3.8, 4) is 5.75 Å². The first kappa shape index (κ1) is 27.6. The van der Waals surface area contributed by atoms with Gasteiger partial charge >= 0.3 is 4.87 Å². The zero-order valence-corrected chi connectivity index (χ0v) is 23.5. The maximum absolute atomic E-state index is 14.0. The lowest BCUT2D eigenvalue weighted by Crippen LogP contribution is -2.32. The first-order valence-electron chi connectivity index (χ1n) is 12.3. The number of fused-ring (bicyclic) bond motifs is 2. The average molecular weight is 625 g/mol. The quantitative estimate of drug-likeness (QED) is 0.163. The Morgan fingerprint density at radius 2 is 1.57 bits per heavy atom. The number of benzene rings is 3. The number of nitrogens with zero attached hydrogens (tertiary/aromatic N) is 3. The van der Waals surface area contributed by atoms with Gasteiger partial charge in [-0.3, -0.25) is 34.6 Å². The molecule has 0 aliphatic carbocycles. The molecule has 0 bridgehead atoms. The summed E-state index contributed by atoms with van der Waals surface area (Å²) in [5.74, 6) is -2.91. The van der Waals surface area contributed by atoms with Crippen molar-refractivity contribution in [3.63, 3.8) is 0 Å². The third-order valence-corrected chi connectivity index (χ3v) is 9.64. The van der Waals surface area contributed by atoms with Gasteiger partial charge in [-0.1, -0.05) is 46.8 Å². The van der Waals surface area contributed by atoms with Crippen molar-refractivity contribution in [1.82, 2.24) is 4.98 Å². The molecule has 6 rings (SSSR count). The van der Waals surface area contributed by atoms with Gasteiger partial charge in [0, 0.05) is 45.6 Å². The van der Waals surface area contributed by atoms with Crippen molar-refractivity contribution in [2.24, 2.45) is 5.92 Å². The normalized spacial score (nSPS) is 19.4. The summed E-state index contributed by atoms with van der Waals surface area (Å²) in [6, 6.07) is 15.9. The Morgan fingerprint density at radius 3 is 2.24 bits per heavy atom. The highest BCUT2D eigenvalue weighted by Crippen LogP contribution is 2.55. The number of H-pyrrole nitrogens is 1. The summed E-state index contributed by atoms with van der Waals surface area (Å²) in [5.41, 5.74) is 0.730. The van der Waals surface area contributed by atoms with Crippen LogP contribution in [-0.4, -0.2) is 31.9 Å². The molecule has 0 saturated carbocycles. The van der Waals surface area contributed by atoms with E-state index in [1.54, 1.807) is 24.3 Å². The fourth-order valence-electron chi connectivity index (χ4n) is 5.10. The molecule has 2 aliphatic rings. The Balaban J connectivity index is 1.45. The maximum Gasteiger partial charge on any atom is 0.305 e. The van der Waals surface area contributed by atoms with E-state index in [1.807, 2.05) is 0 Å². The van der Waals surface area contributed by atoms with E-state index in [9.17, 15) is 34.6 Å². The van der Waals surface area contributed by atoms with Crippen LogP contribution in [0.3, 0.4) is 0 Å². The minimum Gasteiger partial charge on any atom is -0.489 e. The van der Waals surface area contributed by atoms with E-state index < -0.39 is 43.6 Å². The number of aromatic nitrogens is 1. The van der Waals surface area contributed by atoms with E-state index in [0.29, 0.717) is 14.9 Å². The van der Waals surface area contributed by atoms with Crippen molar-refractivity contribution >= 4 is 63.6 Å². The number of ether oxygens (including phenoxy) is 1. The number of non-ortho nitro benzene ring substituents is 2. The first-order chi connectivity index (χ1) is 20.1. The molecule has 3 atom stereocenters. The Morgan fingerprint density at radius 1 is 0.905 bits per heavy atom. The number of carbonyl (C=O) groups excluding carboxylic acids is 2. The average Bonchev–Trinajstić information content (AvgIpc) is 3.46. The van der Waals surface area contributed by atoms with Crippen LogP contribution in [-0.2, 0) is 16.2 Å². The van der Waals surface area contributed by atoms with Gasteiger partial charge in [0.05, 0.1) is 26.5 Å². The van der Waals surface area contributed by atoms with Gasteiger partial charge in [0.15, 0.2) is 0 Å². The highest BCUT2D eigenvalue weighted by atomic mass is 35.5. The van der Waals surface area contributed by atoms with Crippen molar-refractivity contribution in [3.05, 3.63) is 118 Å². The van der Waals surface area contributed by atoms with Crippen molar-refractivity contribution in [2.75, 3.05) is 4.90 Å². The van der Waals surface area contributed by atoms with Crippen LogP contribution in [0.4, 0.5) is 17.1 Å². The number of amides is 2. The number of halogens is 1. The number of hydrogen-bond donors (Lipinski definition) is 1. The molecule has 0 spiro atoms. The number of nitro groups is 2. The number of nitro benzene ring substituents is 2. The van der Waals surface area contributed by atoms with Gasteiger partial charge in [-0.15, -0.1) is 0 Å². The highest BCUT2D eigenvalue weighted by molar-refractivity contribution is 8.00. The van der Waals surface area contributed by atoms with Crippen LogP contribution >= 0.6 is 34.7 Å². The van der Waals surface area contributed by atoms with Crippen molar-refractivity contribution < 1.29 is 24.2 Å². The molecule has 3 heterocycles. The van der Waals surface area contributed by atoms with Crippen LogP contribution in [0.25, 0.3) is 0 Å². The fraction of sp³-hybridized carbons (Fsp3) is 0.148. The Bertz CT molecular complexity index is 1820. The number of thioether (sulfide) groups is 1. The molecule has 1 N–H and O–H groups in total. The molecule has 1 saturated heterocycles. The molecule has 2 amide bonds. The zero-order chi connectivity index (χ0) is 29.7. The van der Waals surface area contributed by atoms with E-state index in [2.05, 4.69) is 4.98 Å². The zero-order valence-electron chi connectivity index (χ0n) is 21.1. The summed E-state index contributed by atoms with van der Waals surface area (Å²) in [7, 11) is 0. The van der Waals surface area contributed by atoms with E-state index in [0.717, 1.165) is 33.6 Å². The van der Waals surface area contributed by atoms with E-state index >= 15 is 0 Å². The van der Waals surface area contributed by atoms with Gasteiger partial charge in [-0.05, 0) is 35.9 Å². The summed E-state index contributed by atoms with van der Waals surface area (Å²) < 4.78 is 6.10. The van der Waals surface area contributed by atoms with E-state index in [-0.39, 0.29) is 35.0 Å². The molecular weight excluding hydrogens is 608 g/mol. The van der Waals surface area contributed by atoms with Crippen molar-refractivity contribution in [1.29, 1.82) is 0 Å². The van der Waals surface area contributed by atoms with Crippen LogP contribution in [0, 0.1) is 26.1 Å². The predicted molar refractivity (Wildman–Crippen MR) is 154 cm³/mol. The molecule has 212 valence electrons. The Hall–Kier alpha value is -4.53. The third kappa shape index (κ3) is 4.82. The SMILES string of the molecule is O=C1C2Sc3[nH]c(=O)sc3C(c3cc([N+](=O)[O-])ccc3OCc3ccc(Cl)cc3)C2C(=O)N1c1ccc([N+](=O)[O-])cc1. The summed E-state index contributed by atoms with van der Waals surface area (Å²) in [4.78, 5) is 65.6. The van der Waals surface area contributed by atoms with Crippen LogP contribution in [0.2, 0.25) is 5.02 Å². The Kier molecular flexibility index (Phi) is 7.04. The minimum absolute atomic E-state index is 0.0789. The van der Waals surface area contributed by atoms with E-state index in [4.69, 9.17) is 16.3 Å². The number of nitrogens with one attached hydrogen (secondary N) is 1. The second-order valence-corrected chi connectivity index (χ2v) is 12.0. The highest BCUT2D eigenvalue weighted by Gasteiger charge is 2.57.